The van der Waals surface area contributed by atoms with Gasteiger partial charge in [-0.2, -0.15) is 0 Å². The van der Waals surface area contributed by atoms with Gasteiger partial charge in [0, 0.05) is 0 Å². The van der Waals surface area contributed by atoms with Gasteiger partial charge in [-0.1, -0.05) is 84.9 Å². The lowest BCUT2D eigenvalue weighted by molar-refractivity contribution is 0.866. The van der Waals surface area contributed by atoms with Crippen LogP contribution in [-0.4, -0.2) is 6.99 Å². The summed E-state index contributed by atoms with van der Waals surface area (Å²) in [5.41, 5.74) is 1.46. The molecule has 22 heavy (non-hydrogen) atoms. The van der Waals surface area contributed by atoms with Gasteiger partial charge in [0.1, 0.15) is 0 Å². The van der Waals surface area contributed by atoms with Gasteiger partial charge in [-0.3, -0.25) is 0 Å². The molecule has 0 nitrogen and oxygen atoms in total. The number of rotatable bonds is 2. The fourth-order valence-electron chi connectivity index (χ4n) is 3.11. The van der Waals surface area contributed by atoms with E-state index in [1.807, 2.05) is 84.9 Å². The SMILES string of the molecule is FB(c1cccc2ccccc12)c1cccc2ccccc12. The number of hydrogen-bond donors (Lipinski definition) is 0. The Balaban J connectivity index is 1.94. The van der Waals surface area contributed by atoms with E-state index in [1.54, 1.807) is 0 Å². The van der Waals surface area contributed by atoms with Crippen LogP contribution in [0.25, 0.3) is 21.5 Å². The predicted octanol–water partition coefficient (Wildman–Crippen LogP) is 4.07. The molecular weight excluding hydrogens is 270 g/mol. The predicted molar refractivity (Wildman–Crippen MR) is 94.0 cm³/mol. The van der Waals surface area contributed by atoms with E-state index in [0.29, 0.717) is 0 Å². The first-order valence-corrected chi connectivity index (χ1v) is 7.44. The minimum absolute atomic E-state index is 0.731. The number of hydrogen-bond acceptors (Lipinski definition) is 0. The Hall–Kier alpha value is -2.61. The van der Waals surface area contributed by atoms with Gasteiger partial charge in [0.15, 0.2) is 0 Å². The Kier molecular flexibility index (Phi) is 3.15. The summed E-state index contributed by atoms with van der Waals surface area (Å²) < 4.78 is 15.3. The molecular formula is C20H14BF. The van der Waals surface area contributed by atoms with Gasteiger partial charge < -0.3 is 4.32 Å². The van der Waals surface area contributed by atoms with Crippen molar-refractivity contribution in [3.63, 3.8) is 0 Å². The Bertz CT molecular complexity index is 872. The smallest absolute Gasteiger partial charge is 0.322 e. The van der Waals surface area contributed by atoms with Gasteiger partial charge in [-0.15, -0.1) is 0 Å². The molecule has 0 N–H and O–H groups in total. The first kappa shape index (κ1) is 13.1. The Labute approximate surface area is 129 Å². The van der Waals surface area contributed by atoms with Crippen LogP contribution in [0.4, 0.5) is 4.32 Å². The highest BCUT2D eigenvalue weighted by molar-refractivity contribution is 6.83. The third-order valence-corrected chi connectivity index (χ3v) is 4.19. The summed E-state index contributed by atoms with van der Waals surface area (Å²) in [7, 11) is 0. The summed E-state index contributed by atoms with van der Waals surface area (Å²) in [5, 5.41) is 4.10. The van der Waals surface area contributed by atoms with Crippen LogP contribution < -0.4 is 10.9 Å². The molecule has 2 heteroatoms. The standard InChI is InChI=1S/C20H14BF/c22-21(19-13-5-9-15-7-1-3-11-17(15)19)20-14-6-10-16-8-2-4-12-18(16)20/h1-14H. The Morgan fingerprint density at radius 1 is 0.500 bits per heavy atom. The van der Waals surface area contributed by atoms with E-state index >= 15 is 4.32 Å². The zero-order valence-corrected chi connectivity index (χ0v) is 12.0. The van der Waals surface area contributed by atoms with Crippen LogP contribution in [0.2, 0.25) is 0 Å². The molecule has 0 unspecified atom stereocenters. The van der Waals surface area contributed by atoms with Crippen LogP contribution in [0.3, 0.4) is 0 Å². The van der Waals surface area contributed by atoms with Crippen LogP contribution >= 0.6 is 0 Å². The number of fused-ring (bicyclic) bond motifs is 2. The minimum Gasteiger partial charge on any atom is -0.322 e. The van der Waals surface area contributed by atoms with E-state index in [4.69, 9.17) is 0 Å². The maximum Gasteiger partial charge on any atom is 0.414 e. The first-order chi connectivity index (χ1) is 10.8. The quantitative estimate of drug-likeness (QED) is 0.487. The summed E-state index contributed by atoms with van der Waals surface area (Å²) in [6.07, 6.45) is 0. The molecule has 0 fully saturated rings. The molecule has 0 atom stereocenters. The second-order valence-corrected chi connectivity index (χ2v) is 5.50. The lowest BCUT2D eigenvalue weighted by Crippen LogP contribution is -2.39. The van der Waals surface area contributed by atoms with E-state index in [0.717, 1.165) is 32.5 Å². The molecule has 0 spiro atoms. The molecule has 0 radical (unpaired) electrons. The van der Waals surface area contributed by atoms with Gasteiger partial charge >= 0.3 is 6.99 Å². The molecule has 0 aliphatic carbocycles. The highest BCUT2D eigenvalue weighted by atomic mass is 19.1. The fraction of sp³-hybridized carbons (Fsp3) is 0. The molecule has 104 valence electrons. The molecule has 0 saturated heterocycles. The molecule has 4 rings (SSSR count). The summed E-state index contributed by atoms with van der Waals surface area (Å²) in [4.78, 5) is 0. The second kappa shape index (κ2) is 5.30. The van der Waals surface area contributed by atoms with Crippen molar-refractivity contribution in [1.29, 1.82) is 0 Å². The van der Waals surface area contributed by atoms with Gasteiger partial charge in [-0.25, -0.2) is 0 Å². The van der Waals surface area contributed by atoms with Gasteiger partial charge in [-0.05, 0) is 32.5 Å². The zero-order chi connectivity index (χ0) is 14.9. The van der Waals surface area contributed by atoms with Crippen molar-refractivity contribution < 1.29 is 4.32 Å². The third-order valence-electron chi connectivity index (χ3n) is 4.19. The largest absolute Gasteiger partial charge is 0.414 e. The average molecular weight is 284 g/mol. The molecule has 4 aromatic carbocycles. The normalized spacial score (nSPS) is 11.0. The highest BCUT2D eigenvalue weighted by Gasteiger charge is 2.23. The van der Waals surface area contributed by atoms with Crippen LogP contribution in [-0.2, 0) is 0 Å². The molecule has 0 saturated carbocycles. The van der Waals surface area contributed by atoms with Crippen LogP contribution in [0.5, 0.6) is 0 Å². The zero-order valence-electron chi connectivity index (χ0n) is 12.0. The summed E-state index contributed by atoms with van der Waals surface area (Å²) in [6.45, 7) is -1.13. The van der Waals surface area contributed by atoms with Gasteiger partial charge in [0.05, 0.1) is 0 Å². The second-order valence-electron chi connectivity index (χ2n) is 5.50. The van der Waals surface area contributed by atoms with E-state index in [-0.39, 0.29) is 0 Å². The van der Waals surface area contributed by atoms with Crippen LogP contribution in [0.15, 0.2) is 84.9 Å². The molecule has 0 bridgehead atoms. The summed E-state index contributed by atoms with van der Waals surface area (Å²) >= 11 is 0. The van der Waals surface area contributed by atoms with Crippen LogP contribution in [0.1, 0.15) is 0 Å². The average Bonchev–Trinajstić information content (AvgIpc) is 2.60. The minimum atomic E-state index is -1.13. The van der Waals surface area contributed by atoms with Crippen molar-refractivity contribution in [2.75, 3.05) is 0 Å². The van der Waals surface area contributed by atoms with Crippen molar-refractivity contribution in [3.8, 4) is 0 Å². The molecule has 0 aliphatic heterocycles. The van der Waals surface area contributed by atoms with Crippen molar-refractivity contribution in [2.24, 2.45) is 0 Å². The molecule has 0 amide bonds. The first-order valence-electron chi connectivity index (χ1n) is 7.44. The van der Waals surface area contributed by atoms with Crippen molar-refractivity contribution in [2.45, 2.75) is 0 Å². The molecule has 0 heterocycles. The monoisotopic (exact) mass is 284 g/mol. The maximum absolute atomic E-state index is 15.3. The van der Waals surface area contributed by atoms with Crippen molar-refractivity contribution >= 4 is 39.5 Å². The number of benzene rings is 4. The van der Waals surface area contributed by atoms with Crippen molar-refractivity contribution in [1.82, 2.24) is 0 Å². The molecule has 0 aromatic heterocycles. The third kappa shape index (κ3) is 2.08. The van der Waals surface area contributed by atoms with E-state index < -0.39 is 6.99 Å². The number of halogens is 1. The van der Waals surface area contributed by atoms with Crippen LogP contribution in [0, 0.1) is 0 Å². The lowest BCUT2D eigenvalue weighted by atomic mass is 9.56. The summed E-state index contributed by atoms with van der Waals surface area (Å²) in [6, 6.07) is 27.6. The maximum atomic E-state index is 15.3. The highest BCUT2D eigenvalue weighted by Crippen LogP contribution is 2.15. The Morgan fingerprint density at radius 3 is 1.41 bits per heavy atom. The van der Waals surface area contributed by atoms with E-state index in [1.165, 1.54) is 0 Å². The van der Waals surface area contributed by atoms with Gasteiger partial charge in [0.2, 0.25) is 0 Å². The topological polar surface area (TPSA) is 0 Å². The molecule has 4 aromatic rings. The van der Waals surface area contributed by atoms with E-state index in [2.05, 4.69) is 0 Å². The van der Waals surface area contributed by atoms with E-state index in [9.17, 15) is 0 Å². The van der Waals surface area contributed by atoms with Gasteiger partial charge in [0.25, 0.3) is 0 Å². The molecule has 0 aliphatic rings. The van der Waals surface area contributed by atoms with Crippen molar-refractivity contribution in [3.05, 3.63) is 84.9 Å². The Morgan fingerprint density at radius 2 is 0.909 bits per heavy atom. The fourth-order valence-corrected chi connectivity index (χ4v) is 3.11. The lowest BCUT2D eigenvalue weighted by Gasteiger charge is -2.11. The summed E-state index contributed by atoms with van der Waals surface area (Å²) in [5.74, 6) is 0.